The normalized spacial score (nSPS) is 11.1. The summed E-state index contributed by atoms with van der Waals surface area (Å²) in [7, 11) is 0. The summed E-state index contributed by atoms with van der Waals surface area (Å²) in [5, 5.41) is 3.49. The largest absolute Gasteiger partial charge is 0.444 e. The third kappa shape index (κ3) is 4.38. The van der Waals surface area contributed by atoms with Crippen LogP contribution in [0.1, 0.15) is 31.9 Å². The van der Waals surface area contributed by atoms with Gasteiger partial charge in [0.15, 0.2) is 0 Å². The zero-order chi connectivity index (χ0) is 13.1. The fraction of sp³-hybridized carbons (Fsp3) is 0.462. The van der Waals surface area contributed by atoms with E-state index < -0.39 is 11.7 Å². The highest BCUT2D eigenvalue weighted by atomic mass is 79.9. The number of benzene rings is 1. The first-order valence-corrected chi connectivity index (χ1v) is 6.60. The molecule has 17 heavy (non-hydrogen) atoms. The molecule has 0 spiro atoms. The van der Waals surface area contributed by atoms with Crippen molar-refractivity contribution in [2.75, 3.05) is 5.32 Å². The Labute approximate surface area is 111 Å². The number of alkyl halides is 1. The second kappa shape index (κ2) is 5.54. The van der Waals surface area contributed by atoms with E-state index in [0.717, 1.165) is 16.8 Å². The number of amides is 1. The zero-order valence-electron chi connectivity index (χ0n) is 10.6. The Hall–Kier alpha value is -1.03. The van der Waals surface area contributed by atoms with E-state index in [1.807, 2.05) is 45.9 Å². The number of nitrogens with one attached hydrogen (secondary N) is 1. The molecule has 0 aliphatic rings. The monoisotopic (exact) mass is 299 g/mol. The molecule has 0 unspecified atom stereocenters. The molecule has 0 aromatic heterocycles. The molecule has 1 aromatic rings. The summed E-state index contributed by atoms with van der Waals surface area (Å²) < 4.78 is 5.23. The number of hydrogen-bond acceptors (Lipinski definition) is 2. The fourth-order valence-corrected chi connectivity index (χ4v) is 1.89. The molecule has 1 aromatic carbocycles. The number of rotatable bonds is 2. The number of halogens is 1. The first kappa shape index (κ1) is 14.0. The van der Waals surface area contributed by atoms with Crippen molar-refractivity contribution in [1.29, 1.82) is 0 Å². The molecule has 1 amide bonds. The van der Waals surface area contributed by atoms with Crippen LogP contribution >= 0.6 is 15.9 Å². The van der Waals surface area contributed by atoms with Crippen LogP contribution in [0.15, 0.2) is 18.2 Å². The van der Waals surface area contributed by atoms with Gasteiger partial charge in [-0.05, 0) is 38.8 Å². The molecule has 0 fully saturated rings. The Morgan fingerprint density at radius 3 is 2.59 bits per heavy atom. The molecule has 1 rings (SSSR count). The minimum atomic E-state index is -0.485. The Morgan fingerprint density at radius 1 is 1.41 bits per heavy atom. The molecule has 0 radical (unpaired) electrons. The van der Waals surface area contributed by atoms with Gasteiger partial charge in [-0.3, -0.25) is 5.32 Å². The van der Waals surface area contributed by atoms with E-state index in [1.54, 1.807) is 0 Å². The summed E-state index contributed by atoms with van der Waals surface area (Å²) in [5.41, 5.74) is 2.39. The lowest BCUT2D eigenvalue weighted by Gasteiger charge is -2.21. The first-order chi connectivity index (χ1) is 7.83. The molecule has 0 aliphatic carbocycles. The van der Waals surface area contributed by atoms with Crippen molar-refractivity contribution in [3.63, 3.8) is 0 Å². The Bertz CT molecular complexity index is 410. The summed E-state index contributed by atoms with van der Waals surface area (Å²) in [6.07, 6.45) is -0.422. The van der Waals surface area contributed by atoms with Crippen molar-refractivity contribution in [3.8, 4) is 0 Å². The van der Waals surface area contributed by atoms with Crippen LogP contribution in [0, 0.1) is 6.92 Å². The third-order valence-electron chi connectivity index (χ3n) is 2.13. The van der Waals surface area contributed by atoms with Gasteiger partial charge in [0, 0.05) is 5.33 Å². The molecular formula is C13H18BrNO2. The van der Waals surface area contributed by atoms with Crippen molar-refractivity contribution < 1.29 is 9.53 Å². The van der Waals surface area contributed by atoms with Gasteiger partial charge in [-0.1, -0.05) is 34.1 Å². The maximum atomic E-state index is 11.7. The highest BCUT2D eigenvalue weighted by Crippen LogP contribution is 2.23. The van der Waals surface area contributed by atoms with Gasteiger partial charge >= 0.3 is 6.09 Å². The van der Waals surface area contributed by atoms with E-state index in [9.17, 15) is 4.79 Å². The van der Waals surface area contributed by atoms with Crippen LogP contribution in [-0.4, -0.2) is 11.7 Å². The Morgan fingerprint density at radius 2 is 2.06 bits per heavy atom. The lowest BCUT2D eigenvalue weighted by Crippen LogP contribution is -2.27. The maximum Gasteiger partial charge on any atom is 0.412 e. The van der Waals surface area contributed by atoms with Gasteiger partial charge < -0.3 is 4.74 Å². The molecule has 0 saturated heterocycles. The number of para-hydroxylation sites is 1. The average molecular weight is 300 g/mol. The predicted molar refractivity (Wildman–Crippen MR) is 73.7 cm³/mol. The number of ether oxygens (including phenoxy) is 1. The number of hydrogen-bond donors (Lipinski definition) is 1. The lowest BCUT2D eigenvalue weighted by molar-refractivity contribution is 0.0635. The molecule has 1 N–H and O–H groups in total. The van der Waals surface area contributed by atoms with Crippen LogP contribution in [0.2, 0.25) is 0 Å². The van der Waals surface area contributed by atoms with Crippen LogP contribution in [0.25, 0.3) is 0 Å². The minimum Gasteiger partial charge on any atom is -0.444 e. The van der Waals surface area contributed by atoms with Gasteiger partial charge in [-0.15, -0.1) is 0 Å². The third-order valence-corrected chi connectivity index (χ3v) is 2.73. The van der Waals surface area contributed by atoms with Crippen LogP contribution in [0.5, 0.6) is 0 Å². The van der Waals surface area contributed by atoms with Gasteiger partial charge in [0.2, 0.25) is 0 Å². The summed E-state index contributed by atoms with van der Waals surface area (Å²) >= 11 is 3.40. The molecule has 0 atom stereocenters. The highest BCUT2D eigenvalue weighted by Gasteiger charge is 2.17. The van der Waals surface area contributed by atoms with Crippen LogP contribution in [0.4, 0.5) is 10.5 Å². The fourth-order valence-electron chi connectivity index (χ4n) is 1.42. The number of aryl methyl sites for hydroxylation is 1. The van der Waals surface area contributed by atoms with Crippen molar-refractivity contribution in [3.05, 3.63) is 29.3 Å². The van der Waals surface area contributed by atoms with E-state index in [0.29, 0.717) is 5.33 Å². The number of carbonyl (C=O) groups excluding carboxylic acids is 1. The zero-order valence-corrected chi connectivity index (χ0v) is 12.2. The average Bonchev–Trinajstić information content (AvgIpc) is 2.18. The van der Waals surface area contributed by atoms with E-state index in [-0.39, 0.29) is 0 Å². The van der Waals surface area contributed by atoms with Gasteiger partial charge in [0.25, 0.3) is 0 Å². The van der Waals surface area contributed by atoms with Crippen LogP contribution in [0.3, 0.4) is 0 Å². The van der Waals surface area contributed by atoms with Crippen LogP contribution in [-0.2, 0) is 10.1 Å². The number of anilines is 1. The lowest BCUT2D eigenvalue weighted by atomic mass is 10.1. The van der Waals surface area contributed by atoms with Gasteiger partial charge in [-0.25, -0.2) is 4.79 Å². The summed E-state index contributed by atoms with van der Waals surface area (Å²) in [5.74, 6) is 0. The molecule has 0 aliphatic heterocycles. The molecule has 4 heteroatoms. The van der Waals surface area contributed by atoms with E-state index >= 15 is 0 Å². The van der Waals surface area contributed by atoms with Crippen molar-refractivity contribution in [2.24, 2.45) is 0 Å². The van der Waals surface area contributed by atoms with E-state index in [2.05, 4.69) is 21.2 Å². The smallest absolute Gasteiger partial charge is 0.412 e. The number of carbonyl (C=O) groups is 1. The first-order valence-electron chi connectivity index (χ1n) is 5.48. The summed E-state index contributed by atoms with van der Waals surface area (Å²) in [6.45, 7) is 7.49. The topological polar surface area (TPSA) is 38.3 Å². The predicted octanol–water partition coefficient (Wildman–Crippen LogP) is 4.24. The van der Waals surface area contributed by atoms with Gasteiger partial charge in [0.1, 0.15) is 5.60 Å². The quantitative estimate of drug-likeness (QED) is 0.830. The van der Waals surface area contributed by atoms with Crippen LogP contribution < -0.4 is 5.32 Å². The minimum absolute atomic E-state index is 0.422. The second-order valence-electron chi connectivity index (χ2n) is 4.87. The Kier molecular flexibility index (Phi) is 4.57. The molecular weight excluding hydrogens is 282 g/mol. The van der Waals surface area contributed by atoms with Crippen molar-refractivity contribution >= 4 is 27.7 Å². The molecule has 3 nitrogen and oxygen atoms in total. The molecule has 94 valence electrons. The molecule has 0 bridgehead atoms. The Balaban J connectivity index is 2.84. The standard InChI is InChI=1S/C13H18BrNO2/c1-9-6-5-7-10(8-14)11(9)15-12(16)17-13(2,3)4/h5-7H,8H2,1-4H3,(H,15,16). The summed E-state index contributed by atoms with van der Waals surface area (Å²) in [6, 6.07) is 5.89. The molecule has 0 heterocycles. The highest BCUT2D eigenvalue weighted by molar-refractivity contribution is 9.08. The van der Waals surface area contributed by atoms with Gasteiger partial charge in [0.05, 0.1) is 5.69 Å². The molecule has 0 saturated carbocycles. The second-order valence-corrected chi connectivity index (χ2v) is 5.43. The SMILES string of the molecule is Cc1cccc(CBr)c1NC(=O)OC(C)(C)C. The summed E-state index contributed by atoms with van der Waals surface area (Å²) in [4.78, 5) is 11.7. The van der Waals surface area contributed by atoms with Crippen molar-refractivity contribution in [1.82, 2.24) is 0 Å². The maximum absolute atomic E-state index is 11.7. The van der Waals surface area contributed by atoms with E-state index in [1.165, 1.54) is 0 Å². The van der Waals surface area contributed by atoms with Gasteiger partial charge in [-0.2, -0.15) is 0 Å². The van der Waals surface area contributed by atoms with E-state index in [4.69, 9.17) is 4.74 Å². The van der Waals surface area contributed by atoms with Crippen molar-refractivity contribution in [2.45, 2.75) is 38.6 Å².